The molecule has 2 N–H and O–H groups in total. The summed E-state index contributed by atoms with van der Waals surface area (Å²) in [7, 11) is 0.833. The zero-order chi connectivity index (χ0) is 19.3. The summed E-state index contributed by atoms with van der Waals surface area (Å²) >= 11 is 5.21. The number of nitrogens with one attached hydrogen (secondary N) is 2. The highest BCUT2D eigenvalue weighted by Gasteiger charge is 2.39. The van der Waals surface area contributed by atoms with Crippen LogP contribution in [0.1, 0.15) is 13.8 Å². The minimum absolute atomic E-state index is 0.378. The maximum atomic E-state index is 6.69. The zero-order valence-electron chi connectivity index (χ0n) is 16.1. The summed E-state index contributed by atoms with van der Waals surface area (Å²) in [6.07, 6.45) is 0. The smallest absolute Gasteiger partial charge is 0.249 e. The van der Waals surface area contributed by atoms with Crippen molar-refractivity contribution in [3.05, 3.63) is 60.7 Å². The van der Waals surface area contributed by atoms with Crippen molar-refractivity contribution >= 4 is 37.2 Å². The maximum absolute atomic E-state index is 6.69. The van der Waals surface area contributed by atoms with Gasteiger partial charge in [0.05, 0.1) is 5.60 Å². The molecule has 0 aromatic heterocycles. The van der Waals surface area contributed by atoms with Gasteiger partial charge in [0, 0.05) is 38.1 Å². The molecule has 1 aliphatic rings. The first-order valence-electron chi connectivity index (χ1n) is 9.10. The molecule has 1 heterocycles. The molecule has 1 aliphatic heterocycles. The highest BCUT2D eigenvalue weighted by atomic mass is 32.1. The van der Waals surface area contributed by atoms with Crippen molar-refractivity contribution in [1.82, 2.24) is 10.6 Å². The Morgan fingerprint density at radius 1 is 1.00 bits per heavy atom. The molecule has 0 saturated carbocycles. The van der Waals surface area contributed by atoms with Crippen LogP contribution >= 0.6 is 20.7 Å². The van der Waals surface area contributed by atoms with E-state index in [1.54, 1.807) is 0 Å². The topological polar surface area (TPSA) is 39.8 Å². The second-order valence-electron chi connectivity index (χ2n) is 6.95. The molecule has 0 spiro atoms. The fourth-order valence-electron chi connectivity index (χ4n) is 2.88. The van der Waals surface area contributed by atoms with Crippen molar-refractivity contribution in [3.8, 4) is 0 Å². The van der Waals surface area contributed by atoms with Gasteiger partial charge in [0.15, 0.2) is 5.11 Å². The van der Waals surface area contributed by atoms with Gasteiger partial charge in [-0.25, -0.2) is 0 Å². The molecule has 2 aromatic rings. The Kier molecular flexibility index (Phi) is 6.53. The van der Waals surface area contributed by atoms with Crippen molar-refractivity contribution in [2.45, 2.75) is 19.4 Å². The zero-order valence-corrected chi connectivity index (χ0v) is 17.8. The highest BCUT2D eigenvalue weighted by molar-refractivity contribution is 7.80. The molecular weight excluding hydrogens is 375 g/mol. The molecule has 0 amide bonds. The second-order valence-corrected chi connectivity index (χ2v) is 9.02. The maximum Gasteiger partial charge on any atom is 0.249 e. The van der Waals surface area contributed by atoms with Crippen LogP contribution in [0.4, 0.5) is 11.4 Å². The fraction of sp³-hybridized carbons (Fsp3) is 0.350. The summed E-state index contributed by atoms with van der Waals surface area (Å²) in [5.41, 5.74) is 2.00. The van der Waals surface area contributed by atoms with Crippen molar-refractivity contribution < 1.29 is 4.52 Å². The number of anilines is 2. The van der Waals surface area contributed by atoms with E-state index in [0.29, 0.717) is 11.7 Å². The van der Waals surface area contributed by atoms with Crippen LogP contribution in [0.2, 0.25) is 0 Å². The molecule has 0 unspecified atom stereocenters. The largest absolute Gasteiger partial charge is 0.366 e. The van der Waals surface area contributed by atoms with E-state index in [1.165, 1.54) is 11.4 Å². The van der Waals surface area contributed by atoms with Gasteiger partial charge in [-0.05, 0) is 50.3 Å². The Bertz CT molecular complexity index is 697. The standard InChI is InChI=1S/C20H27N4OPS/c1-20(2,16-22-19(27)21-3)25-26-23(17-10-6-4-7-11-17)14-15-24(26)18-12-8-5-9-13-18/h4-13H,14-16H2,1-3H3,(H2,21,22,27). The van der Waals surface area contributed by atoms with E-state index in [1.807, 2.05) is 19.2 Å². The number of para-hydroxylation sites is 2. The molecule has 0 bridgehead atoms. The van der Waals surface area contributed by atoms with E-state index in [9.17, 15) is 0 Å². The van der Waals surface area contributed by atoms with Crippen LogP contribution in [0.25, 0.3) is 0 Å². The van der Waals surface area contributed by atoms with Crippen LogP contribution in [0, 0.1) is 0 Å². The monoisotopic (exact) mass is 402 g/mol. The van der Waals surface area contributed by atoms with Gasteiger partial charge >= 0.3 is 0 Å². The summed E-state index contributed by atoms with van der Waals surface area (Å²) in [5, 5.41) is 6.80. The predicted molar refractivity (Wildman–Crippen MR) is 119 cm³/mol. The SMILES string of the molecule is CNC(=S)NCC(C)(C)OP1N(c2ccccc2)CCN1c1ccccc1. The Morgan fingerprint density at radius 3 is 1.93 bits per heavy atom. The van der Waals surface area contributed by atoms with E-state index in [-0.39, 0.29) is 5.60 Å². The van der Waals surface area contributed by atoms with Gasteiger partial charge in [-0.2, -0.15) is 0 Å². The summed E-state index contributed by atoms with van der Waals surface area (Å²) in [4.78, 5) is 0. The first-order chi connectivity index (χ1) is 13.0. The van der Waals surface area contributed by atoms with Crippen LogP contribution in [-0.2, 0) is 4.52 Å². The predicted octanol–water partition coefficient (Wildman–Crippen LogP) is 4.13. The molecule has 3 rings (SSSR count). The molecule has 5 nitrogen and oxygen atoms in total. The minimum Gasteiger partial charge on any atom is -0.366 e. The quantitative estimate of drug-likeness (QED) is 0.559. The molecule has 7 heteroatoms. The van der Waals surface area contributed by atoms with Crippen LogP contribution in [0.15, 0.2) is 60.7 Å². The third kappa shape index (κ3) is 5.10. The molecule has 2 aromatic carbocycles. The number of hydrogen-bond donors (Lipinski definition) is 2. The lowest BCUT2D eigenvalue weighted by Gasteiger charge is -2.37. The summed E-state index contributed by atoms with van der Waals surface area (Å²) in [6.45, 7) is 6.71. The first-order valence-corrected chi connectivity index (χ1v) is 10.7. The van der Waals surface area contributed by atoms with Crippen molar-refractivity contribution in [1.29, 1.82) is 0 Å². The highest BCUT2D eigenvalue weighted by Crippen LogP contribution is 2.55. The molecular formula is C20H27N4OPS. The lowest BCUT2D eigenvalue weighted by molar-refractivity contribution is 0.131. The third-order valence-corrected chi connectivity index (χ3v) is 6.97. The van der Waals surface area contributed by atoms with Crippen molar-refractivity contribution in [3.63, 3.8) is 0 Å². The summed E-state index contributed by atoms with van der Waals surface area (Å²) in [5.74, 6) is 0. The van der Waals surface area contributed by atoms with Gasteiger partial charge in [-0.1, -0.05) is 36.4 Å². The van der Waals surface area contributed by atoms with Crippen LogP contribution in [-0.4, -0.2) is 37.4 Å². The Balaban J connectivity index is 1.83. The average Bonchev–Trinajstić information content (AvgIpc) is 3.10. The van der Waals surface area contributed by atoms with E-state index in [2.05, 4.69) is 82.4 Å². The number of hydrogen-bond acceptors (Lipinski definition) is 4. The first kappa shape index (κ1) is 19.9. The van der Waals surface area contributed by atoms with E-state index < -0.39 is 8.45 Å². The summed E-state index contributed by atoms with van der Waals surface area (Å²) in [6, 6.07) is 21.0. The van der Waals surface area contributed by atoms with E-state index in [4.69, 9.17) is 16.7 Å². The van der Waals surface area contributed by atoms with Gasteiger partial charge < -0.3 is 24.5 Å². The molecule has 0 radical (unpaired) electrons. The number of rotatable bonds is 6. The van der Waals surface area contributed by atoms with Gasteiger partial charge in [0.2, 0.25) is 8.45 Å². The molecule has 1 saturated heterocycles. The molecule has 0 atom stereocenters. The number of thiocarbonyl (C=S) groups is 1. The van der Waals surface area contributed by atoms with Gasteiger partial charge in [0.1, 0.15) is 0 Å². The van der Waals surface area contributed by atoms with Gasteiger partial charge in [-0.3, -0.25) is 0 Å². The average molecular weight is 403 g/mol. The molecule has 1 fully saturated rings. The third-order valence-electron chi connectivity index (χ3n) is 4.28. The minimum atomic E-state index is -0.985. The lowest BCUT2D eigenvalue weighted by Crippen LogP contribution is -2.43. The lowest BCUT2D eigenvalue weighted by atomic mass is 10.1. The van der Waals surface area contributed by atoms with E-state index in [0.717, 1.165) is 13.1 Å². The fourth-order valence-corrected chi connectivity index (χ4v) is 5.10. The summed E-state index contributed by atoms with van der Waals surface area (Å²) < 4.78 is 11.4. The van der Waals surface area contributed by atoms with E-state index >= 15 is 0 Å². The van der Waals surface area contributed by atoms with Gasteiger partial charge in [0.25, 0.3) is 0 Å². The molecule has 144 valence electrons. The number of nitrogens with zero attached hydrogens (tertiary/aromatic N) is 2. The Labute approximate surface area is 168 Å². The van der Waals surface area contributed by atoms with Crippen molar-refractivity contribution in [2.75, 3.05) is 36.0 Å². The Hall–Kier alpha value is -1.88. The van der Waals surface area contributed by atoms with Crippen LogP contribution < -0.4 is 20.0 Å². The van der Waals surface area contributed by atoms with Crippen LogP contribution in [0.5, 0.6) is 0 Å². The molecule has 27 heavy (non-hydrogen) atoms. The Morgan fingerprint density at radius 2 is 1.48 bits per heavy atom. The second kappa shape index (κ2) is 8.87. The molecule has 0 aliphatic carbocycles. The van der Waals surface area contributed by atoms with Crippen LogP contribution in [0.3, 0.4) is 0 Å². The van der Waals surface area contributed by atoms with Gasteiger partial charge in [-0.15, -0.1) is 0 Å². The van der Waals surface area contributed by atoms with Crippen molar-refractivity contribution in [2.24, 2.45) is 0 Å². The normalized spacial score (nSPS) is 15.1. The number of benzene rings is 2.